The molecular formula is C17H23NS. The van der Waals surface area contributed by atoms with Crippen LogP contribution in [0.1, 0.15) is 48.7 Å². The molecule has 0 saturated carbocycles. The Morgan fingerprint density at radius 1 is 1.05 bits per heavy atom. The number of rotatable bonds is 7. The van der Waals surface area contributed by atoms with Crippen molar-refractivity contribution in [3.8, 4) is 0 Å². The normalized spacial score (nSPS) is 12.5. The SMILES string of the molecule is CCCC(NCc1ccc(CC)cc1)c1cccs1. The van der Waals surface area contributed by atoms with E-state index in [9.17, 15) is 0 Å². The zero-order valence-corrected chi connectivity index (χ0v) is 12.7. The average Bonchev–Trinajstić information content (AvgIpc) is 2.98. The molecule has 0 bridgehead atoms. The summed E-state index contributed by atoms with van der Waals surface area (Å²) in [7, 11) is 0. The molecule has 1 N–H and O–H groups in total. The average molecular weight is 273 g/mol. The van der Waals surface area contributed by atoms with Gasteiger partial charge in [-0.3, -0.25) is 0 Å². The van der Waals surface area contributed by atoms with Crippen molar-refractivity contribution in [1.82, 2.24) is 5.32 Å². The highest BCUT2D eigenvalue weighted by Gasteiger charge is 2.10. The molecule has 1 aromatic heterocycles. The Balaban J connectivity index is 1.94. The fraction of sp³-hybridized carbons (Fsp3) is 0.412. The molecule has 102 valence electrons. The molecule has 1 aromatic carbocycles. The topological polar surface area (TPSA) is 12.0 Å². The van der Waals surface area contributed by atoms with E-state index >= 15 is 0 Å². The highest BCUT2D eigenvalue weighted by molar-refractivity contribution is 7.10. The molecule has 0 saturated heterocycles. The minimum atomic E-state index is 0.496. The molecule has 2 aromatic rings. The fourth-order valence-corrected chi connectivity index (χ4v) is 3.09. The summed E-state index contributed by atoms with van der Waals surface area (Å²) in [6.07, 6.45) is 3.53. The summed E-state index contributed by atoms with van der Waals surface area (Å²) in [5.41, 5.74) is 2.78. The molecule has 1 nitrogen and oxygen atoms in total. The van der Waals surface area contributed by atoms with Crippen molar-refractivity contribution in [1.29, 1.82) is 0 Å². The summed E-state index contributed by atoms with van der Waals surface area (Å²) in [5.74, 6) is 0. The largest absolute Gasteiger partial charge is 0.305 e. The lowest BCUT2D eigenvalue weighted by molar-refractivity contribution is 0.500. The highest BCUT2D eigenvalue weighted by atomic mass is 32.1. The van der Waals surface area contributed by atoms with Gasteiger partial charge in [0.25, 0.3) is 0 Å². The molecule has 1 atom stereocenters. The van der Waals surface area contributed by atoms with E-state index in [-0.39, 0.29) is 0 Å². The summed E-state index contributed by atoms with van der Waals surface area (Å²) >= 11 is 1.85. The van der Waals surface area contributed by atoms with Crippen molar-refractivity contribution < 1.29 is 0 Å². The fourth-order valence-electron chi connectivity index (χ4n) is 2.26. The lowest BCUT2D eigenvalue weighted by Crippen LogP contribution is -2.19. The van der Waals surface area contributed by atoms with Gasteiger partial charge in [0.05, 0.1) is 0 Å². The Bertz CT molecular complexity index is 459. The summed E-state index contributed by atoms with van der Waals surface area (Å²) < 4.78 is 0. The Kier molecular flexibility index (Phi) is 5.62. The quantitative estimate of drug-likeness (QED) is 0.753. The number of benzene rings is 1. The van der Waals surface area contributed by atoms with Crippen LogP contribution in [0.15, 0.2) is 41.8 Å². The van der Waals surface area contributed by atoms with E-state index in [1.165, 1.54) is 28.8 Å². The monoisotopic (exact) mass is 273 g/mol. The van der Waals surface area contributed by atoms with Gasteiger partial charge >= 0.3 is 0 Å². The van der Waals surface area contributed by atoms with Crippen molar-refractivity contribution in [2.24, 2.45) is 0 Å². The van der Waals surface area contributed by atoms with E-state index in [1.54, 1.807) is 0 Å². The first-order chi connectivity index (χ1) is 9.33. The highest BCUT2D eigenvalue weighted by Crippen LogP contribution is 2.23. The Morgan fingerprint density at radius 2 is 1.79 bits per heavy atom. The van der Waals surface area contributed by atoms with Crippen LogP contribution in [0, 0.1) is 0 Å². The molecule has 2 rings (SSSR count). The van der Waals surface area contributed by atoms with Crippen LogP contribution in [0.5, 0.6) is 0 Å². The predicted octanol–water partition coefficient (Wildman–Crippen LogP) is 4.94. The van der Waals surface area contributed by atoms with Gasteiger partial charge in [-0.2, -0.15) is 0 Å². The zero-order valence-electron chi connectivity index (χ0n) is 11.9. The number of hydrogen-bond donors (Lipinski definition) is 1. The minimum Gasteiger partial charge on any atom is -0.305 e. The third-order valence-corrected chi connectivity index (χ3v) is 4.43. The molecule has 2 heteroatoms. The maximum atomic E-state index is 3.69. The number of nitrogens with one attached hydrogen (secondary N) is 1. The first-order valence-corrected chi connectivity index (χ1v) is 8.06. The maximum absolute atomic E-state index is 3.69. The first kappa shape index (κ1) is 14.3. The van der Waals surface area contributed by atoms with Gasteiger partial charge in [-0.15, -0.1) is 11.3 Å². The van der Waals surface area contributed by atoms with Gasteiger partial charge in [0.1, 0.15) is 0 Å². The number of thiophene rings is 1. The zero-order chi connectivity index (χ0) is 13.5. The lowest BCUT2D eigenvalue weighted by Gasteiger charge is -2.17. The Labute approximate surface area is 120 Å². The van der Waals surface area contributed by atoms with Crippen molar-refractivity contribution >= 4 is 11.3 Å². The molecule has 1 heterocycles. The summed E-state index contributed by atoms with van der Waals surface area (Å²) in [5, 5.41) is 5.85. The maximum Gasteiger partial charge on any atom is 0.0417 e. The van der Waals surface area contributed by atoms with Crippen molar-refractivity contribution in [2.75, 3.05) is 0 Å². The second-order valence-electron chi connectivity index (χ2n) is 4.91. The summed E-state index contributed by atoms with van der Waals surface area (Å²) in [6.45, 7) is 5.40. The van der Waals surface area contributed by atoms with E-state index in [1.807, 2.05) is 11.3 Å². The summed E-state index contributed by atoms with van der Waals surface area (Å²) in [6, 6.07) is 13.8. The van der Waals surface area contributed by atoms with Crippen LogP contribution in [0.3, 0.4) is 0 Å². The van der Waals surface area contributed by atoms with Gasteiger partial charge < -0.3 is 5.32 Å². The lowest BCUT2D eigenvalue weighted by atomic mass is 10.1. The third-order valence-electron chi connectivity index (χ3n) is 3.45. The second kappa shape index (κ2) is 7.46. The van der Waals surface area contributed by atoms with E-state index in [0.29, 0.717) is 6.04 Å². The van der Waals surface area contributed by atoms with Crippen LogP contribution >= 0.6 is 11.3 Å². The van der Waals surface area contributed by atoms with E-state index in [2.05, 4.69) is 60.9 Å². The smallest absolute Gasteiger partial charge is 0.0417 e. The summed E-state index contributed by atoms with van der Waals surface area (Å²) in [4.78, 5) is 1.45. The Hall–Kier alpha value is -1.12. The van der Waals surface area contributed by atoms with Gasteiger partial charge in [-0.1, -0.05) is 50.6 Å². The molecule has 0 aliphatic rings. The molecule has 0 aliphatic heterocycles. The minimum absolute atomic E-state index is 0.496. The predicted molar refractivity (Wildman–Crippen MR) is 84.6 cm³/mol. The van der Waals surface area contributed by atoms with Crippen LogP contribution in [0.2, 0.25) is 0 Å². The van der Waals surface area contributed by atoms with Gasteiger partial charge in [0.2, 0.25) is 0 Å². The first-order valence-electron chi connectivity index (χ1n) is 7.18. The van der Waals surface area contributed by atoms with Crippen LogP contribution < -0.4 is 5.32 Å². The molecule has 19 heavy (non-hydrogen) atoms. The van der Waals surface area contributed by atoms with Gasteiger partial charge in [0, 0.05) is 17.5 Å². The third kappa shape index (κ3) is 4.19. The van der Waals surface area contributed by atoms with Gasteiger partial charge in [-0.25, -0.2) is 0 Å². The van der Waals surface area contributed by atoms with Crippen LogP contribution in [0.4, 0.5) is 0 Å². The number of aryl methyl sites for hydroxylation is 1. The van der Waals surface area contributed by atoms with Crippen LogP contribution in [-0.2, 0) is 13.0 Å². The second-order valence-corrected chi connectivity index (χ2v) is 5.89. The van der Waals surface area contributed by atoms with E-state index in [4.69, 9.17) is 0 Å². The van der Waals surface area contributed by atoms with Gasteiger partial charge in [0.15, 0.2) is 0 Å². The van der Waals surface area contributed by atoms with Crippen LogP contribution in [-0.4, -0.2) is 0 Å². The van der Waals surface area contributed by atoms with Crippen molar-refractivity contribution in [3.05, 3.63) is 57.8 Å². The van der Waals surface area contributed by atoms with E-state index < -0.39 is 0 Å². The number of hydrogen-bond acceptors (Lipinski definition) is 2. The molecule has 0 fully saturated rings. The van der Waals surface area contributed by atoms with Crippen LogP contribution in [0.25, 0.3) is 0 Å². The molecule has 0 spiro atoms. The molecule has 0 aliphatic carbocycles. The molecular weight excluding hydrogens is 250 g/mol. The molecule has 0 radical (unpaired) electrons. The standard InChI is InChI=1S/C17H23NS/c1-3-6-16(17-7-5-12-19-17)18-13-15-10-8-14(4-2)9-11-15/h5,7-12,16,18H,3-4,6,13H2,1-2H3. The van der Waals surface area contributed by atoms with Crippen molar-refractivity contribution in [3.63, 3.8) is 0 Å². The van der Waals surface area contributed by atoms with Gasteiger partial charge in [-0.05, 0) is 35.4 Å². The molecule has 0 amide bonds. The Morgan fingerprint density at radius 3 is 2.37 bits per heavy atom. The van der Waals surface area contributed by atoms with Crippen molar-refractivity contribution in [2.45, 2.75) is 45.7 Å². The molecule has 1 unspecified atom stereocenters. The van der Waals surface area contributed by atoms with E-state index in [0.717, 1.165) is 13.0 Å².